The topological polar surface area (TPSA) is 110 Å². The van der Waals surface area contributed by atoms with Crippen LogP contribution in [-0.2, 0) is 27.5 Å². The fraction of sp³-hybridized carbons (Fsp3) is 0.200. The summed E-state index contributed by atoms with van der Waals surface area (Å²) in [7, 11) is -4.58. The SMILES string of the molecule is CCNC(=O)c1ccc(CN([C@H](C(N)=O)c2ccccc2C(F)(F)F)S(=O)(=O)c2ccc(Cl)cc2)cc1. The number of halogens is 4. The van der Waals surface area contributed by atoms with Gasteiger partial charge in [0.05, 0.1) is 10.5 Å². The lowest BCUT2D eigenvalue weighted by atomic mass is 9.99. The summed E-state index contributed by atoms with van der Waals surface area (Å²) in [6.07, 6.45) is -4.88. The van der Waals surface area contributed by atoms with Crippen LogP contribution in [0.3, 0.4) is 0 Å². The number of nitrogens with two attached hydrogens (primary N) is 1. The number of rotatable bonds is 9. The highest BCUT2D eigenvalue weighted by atomic mass is 35.5. The largest absolute Gasteiger partial charge is 0.416 e. The third-order valence-corrected chi connectivity index (χ3v) is 7.51. The number of carbonyl (C=O) groups is 2. The maximum Gasteiger partial charge on any atom is 0.416 e. The van der Waals surface area contributed by atoms with Gasteiger partial charge in [-0.15, -0.1) is 0 Å². The van der Waals surface area contributed by atoms with E-state index >= 15 is 0 Å². The Kier molecular flexibility index (Phi) is 8.62. The second kappa shape index (κ2) is 11.3. The monoisotopic (exact) mass is 553 g/mol. The predicted molar refractivity (Wildman–Crippen MR) is 132 cm³/mol. The van der Waals surface area contributed by atoms with Crippen LogP contribution in [-0.4, -0.2) is 31.1 Å². The van der Waals surface area contributed by atoms with Crippen molar-refractivity contribution in [1.29, 1.82) is 0 Å². The van der Waals surface area contributed by atoms with Crippen LogP contribution >= 0.6 is 11.6 Å². The molecule has 0 unspecified atom stereocenters. The molecule has 0 heterocycles. The van der Waals surface area contributed by atoms with Gasteiger partial charge >= 0.3 is 6.18 Å². The molecule has 37 heavy (non-hydrogen) atoms. The van der Waals surface area contributed by atoms with Gasteiger partial charge in [0.15, 0.2) is 0 Å². The summed E-state index contributed by atoms with van der Waals surface area (Å²) < 4.78 is 69.6. The zero-order valence-corrected chi connectivity index (χ0v) is 21.1. The Hall–Kier alpha value is -3.41. The van der Waals surface area contributed by atoms with Gasteiger partial charge in [-0.1, -0.05) is 41.9 Å². The van der Waals surface area contributed by atoms with Gasteiger partial charge in [0, 0.05) is 23.7 Å². The van der Waals surface area contributed by atoms with Crippen LogP contribution in [0.5, 0.6) is 0 Å². The van der Waals surface area contributed by atoms with Gasteiger partial charge in [-0.25, -0.2) is 8.42 Å². The van der Waals surface area contributed by atoms with Crippen molar-refractivity contribution in [2.24, 2.45) is 5.73 Å². The van der Waals surface area contributed by atoms with Gasteiger partial charge in [-0.3, -0.25) is 9.59 Å². The molecule has 0 aliphatic rings. The van der Waals surface area contributed by atoms with E-state index in [4.69, 9.17) is 17.3 Å². The first kappa shape index (κ1) is 28.2. The van der Waals surface area contributed by atoms with E-state index in [9.17, 15) is 31.2 Å². The molecule has 0 spiro atoms. The summed E-state index contributed by atoms with van der Waals surface area (Å²) in [5.41, 5.74) is 4.34. The average Bonchev–Trinajstić information content (AvgIpc) is 2.84. The molecule has 0 fully saturated rings. The van der Waals surface area contributed by atoms with Crippen molar-refractivity contribution < 1.29 is 31.2 Å². The van der Waals surface area contributed by atoms with Crippen LogP contribution in [0.25, 0.3) is 0 Å². The lowest BCUT2D eigenvalue weighted by Gasteiger charge is -2.31. The average molecular weight is 554 g/mol. The summed E-state index contributed by atoms with van der Waals surface area (Å²) in [4.78, 5) is 24.4. The highest BCUT2D eigenvalue weighted by molar-refractivity contribution is 7.89. The van der Waals surface area contributed by atoms with Gasteiger partial charge in [-0.2, -0.15) is 17.5 Å². The summed E-state index contributed by atoms with van der Waals surface area (Å²) in [5.74, 6) is -1.65. The van der Waals surface area contributed by atoms with Gasteiger partial charge < -0.3 is 11.1 Å². The molecule has 3 N–H and O–H groups in total. The van der Waals surface area contributed by atoms with E-state index in [2.05, 4.69) is 5.32 Å². The number of primary amides is 1. The van der Waals surface area contributed by atoms with Crippen LogP contribution in [0.4, 0.5) is 13.2 Å². The second-order valence-electron chi connectivity index (χ2n) is 7.95. The first-order valence-corrected chi connectivity index (χ1v) is 12.8. The quantitative estimate of drug-likeness (QED) is 0.406. The van der Waals surface area contributed by atoms with E-state index in [1.165, 1.54) is 54.6 Å². The summed E-state index contributed by atoms with van der Waals surface area (Å²) in [6, 6.07) is 12.9. The molecule has 0 aliphatic heterocycles. The number of nitrogens with zero attached hydrogens (tertiary/aromatic N) is 1. The zero-order chi connectivity index (χ0) is 27.4. The molecule has 3 aromatic rings. The number of nitrogens with one attached hydrogen (secondary N) is 1. The van der Waals surface area contributed by atoms with E-state index < -0.39 is 45.8 Å². The smallest absolute Gasteiger partial charge is 0.368 e. The Morgan fingerprint density at radius 3 is 2.14 bits per heavy atom. The number of hydrogen-bond donors (Lipinski definition) is 2. The van der Waals surface area contributed by atoms with Crippen molar-refractivity contribution in [3.8, 4) is 0 Å². The lowest BCUT2D eigenvalue weighted by molar-refractivity contribution is -0.139. The summed E-state index contributed by atoms with van der Waals surface area (Å²) in [5, 5.41) is 2.86. The minimum absolute atomic E-state index is 0.236. The number of carbonyl (C=O) groups excluding carboxylic acids is 2. The van der Waals surface area contributed by atoms with E-state index in [1.807, 2.05) is 0 Å². The first-order valence-electron chi connectivity index (χ1n) is 11.0. The summed E-state index contributed by atoms with van der Waals surface area (Å²) in [6.45, 7) is 1.63. The molecule has 0 radical (unpaired) electrons. The predicted octanol–water partition coefficient (Wildman–Crippen LogP) is 4.53. The number of sulfonamides is 1. The Labute approximate surface area is 217 Å². The summed E-state index contributed by atoms with van der Waals surface area (Å²) >= 11 is 5.87. The fourth-order valence-corrected chi connectivity index (χ4v) is 5.40. The Bertz CT molecular complexity index is 1380. The van der Waals surface area contributed by atoms with Crippen molar-refractivity contribution in [2.45, 2.75) is 30.6 Å². The van der Waals surface area contributed by atoms with E-state index in [1.54, 1.807) is 6.92 Å². The van der Waals surface area contributed by atoms with Crippen molar-refractivity contribution >= 4 is 33.4 Å². The molecule has 2 amide bonds. The van der Waals surface area contributed by atoms with Crippen molar-refractivity contribution in [1.82, 2.24) is 9.62 Å². The maximum atomic E-state index is 13.8. The van der Waals surface area contributed by atoms with Gasteiger partial charge in [0.2, 0.25) is 15.9 Å². The fourth-order valence-electron chi connectivity index (χ4n) is 3.71. The van der Waals surface area contributed by atoms with Crippen LogP contribution in [0.1, 0.15) is 40.0 Å². The molecule has 0 bridgehead atoms. The molecule has 1 atom stereocenters. The molecular formula is C25H23ClF3N3O4S. The molecule has 196 valence electrons. The Morgan fingerprint density at radius 2 is 1.59 bits per heavy atom. The molecule has 0 aliphatic carbocycles. The maximum absolute atomic E-state index is 13.8. The highest BCUT2D eigenvalue weighted by Gasteiger charge is 2.42. The molecule has 0 saturated heterocycles. The minimum atomic E-state index is -4.88. The van der Waals surface area contributed by atoms with Gasteiger partial charge in [0.1, 0.15) is 6.04 Å². The molecule has 7 nitrogen and oxygen atoms in total. The standard InChI is InChI=1S/C25H23ClF3N3O4S/c1-2-31-24(34)17-9-7-16(8-10-17)15-32(37(35,36)19-13-11-18(26)12-14-19)22(23(30)33)20-5-3-4-6-21(20)25(27,28)29/h3-14,22H,2,15H2,1H3,(H2,30,33)(H,31,34)/t22-/m0/s1. The third kappa shape index (κ3) is 6.48. The third-order valence-electron chi connectivity index (χ3n) is 5.43. The Balaban J connectivity index is 2.17. The van der Waals surface area contributed by atoms with E-state index in [0.717, 1.165) is 18.2 Å². The molecular weight excluding hydrogens is 531 g/mol. The first-order chi connectivity index (χ1) is 17.4. The van der Waals surface area contributed by atoms with Crippen LogP contribution in [0, 0.1) is 0 Å². The van der Waals surface area contributed by atoms with Crippen molar-refractivity contribution in [2.75, 3.05) is 6.54 Å². The van der Waals surface area contributed by atoms with Crippen molar-refractivity contribution in [3.63, 3.8) is 0 Å². The van der Waals surface area contributed by atoms with Gasteiger partial charge in [-0.05, 0) is 60.5 Å². The van der Waals surface area contributed by atoms with Gasteiger partial charge in [0.25, 0.3) is 5.91 Å². The van der Waals surface area contributed by atoms with E-state index in [0.29, 0.717) is 22.0 Å². The number of amides is 2. The Morgan fingerprint density at radius 1 is 1.00 bits per heavy atom. The molecule has 12 heteroatoms. The molecule has 3 aromatic carbocycles. The van der Waals surface area contributed by atoms with Crippen LogP contribution < -0.4 is 11.1 Å². The van der Waals surface area contributed by atoms with Crippen molar-refractivity contribution in [3.05, 3.63) is 100 Å². The molecule has 0 aromatic heterocycles. The highest BCUT2D eigenvalue weighted by Crippen LogP contribution is 2.38. The second-order valence-corrected chi connectivity index (χ2v) is 10.3. The number of hydrogen-bond acceptors (Lipinski definition) is 4. The van der Waals surface area contributed by atoms with Crippen LogP contribution in [0.15, 0.2) is 77.7 Å². The number of alkyl halides is 3. The minimum Gasteiger partial charge on any atom is -0.368 e. The molecule has 0 saturated carbocycles. The zero-order valence-electron chi connectivity index (χ0n) is 19.5. The van der Waals surface area contributed by atoms with Crippen LogP contribution in [0.2, 0.25) is 5.02 Å². The number of benzene rings is 3. The normalized spacial score (nSPS) is 12.8. The van der Waals surface area contributed by atoms with E-state index in [-0.39, 0.29) is 15.8 Å². The lowest BCUT2D eigenvalue weighted by Crippen LogP contribution is -2.42. The molecule has 3 rings (SSSR count).